The molecule has 2 heterocycles. The third kappa shape index (κ3) is 4.56. The van der Waals surface area contributed by atoms with Crippen molar-refractivity contribution in [2.45, 2.75) is 6.04 Å². The zero-order chi connectivity index (χ0) is 24.4. The second-order valence-electron chi connectivity index (χ2n) is 7.80. The number of methoxy groups -OCH3 is 2. The Hall–Kier alpha value is -4.30. The molecule has 1 aliphatic heterocycles. The van der Waals surface area contributed by atoms with E-state index in [0.29, 0.717) is 28.0 Å². The SMILES string of the molecule is COc1ccc(C(=O)Nc2nc3n(n2)[C@H](c2ccccc2)C=C(c2ccc(Cl)cc2)N3)cc1OC. The Morgan fingerprint density at radius 3 is 2.46 bits per heavy atom. The number of anilines is 2. The Labute approximate surface area is 207 Å². The van der Waals surface area contributed by atoms with Gasteiger partial charge in [0.05, 0.1) is 14.2 Å². The van der Waals surface area contributed by atoms with Gasteiger partial charge in [0.2, 0.25) is 5.95 Å². The number of hydrogen-bond acceptors (Lipinski definition) is 6. The van der Waals surface area contributed by atoms with Crippen molar-refractivity contribution in [2.75, 3.05) is 24.9 Å². The summed E-state index contributed by atoms with van der Waals surface area (Å²) in [6.45, 7) is 0. The highest BCUT2D eigenvalue weighted by atomic mass is 35.5. The van der Waals surface area contributed by atoms with E-state index >= 15 is 0 Å². The molecule has 2 N–H and O–H groups in total. The highest BCUT2D eigenvalue weighted by Gasteiger charge is 2.26. The fraction of sp³-hybridized carbons (Fsp3) is 0.115. The van der Waals surface area contributed by atoms with E-state index in [1.165, 1.54) is 7.11 Å². The molecule has 9 heteroatoms. The Balaban J connectivity index is 1.47. The lowest BCUT2D eigenvalue weighted by Crippen LogP contribution is -2.20. The largest absolute Gasteiger partial charge is 0.493 e. The summed E-state index contributed by atoms with van der Waals surface area (Å²) in [5.41, 5.74) is 3.25. The molecule has 35 heavy (non-hydrogen) atoms. The van der Waals surface area contributed by atoms with Crippen molar-refractivity contribution in [2.24, 2.45) is 0 Å². The standard InChI is InChI=1S/C26H22ClN5O3/c1-34-22-13-10-18(14-23(22)35-2)24(33)29-25-30-26-28-20(16-8-11-19(27)12-9-16)15-21(32(26)31-25)17-6-4-3-5-7-17/h3-15,21H,1-2H3,(H2,28,29,30,31,33)/t21-/m0/s1. The molecule has 0 unspecified atom stereocenters. The van der Waals surface area contributed by atoms with Gasteiger partial charge in [-0.3, -0.25) is 10.1 Å². The minimum absolute atomic E-state index is 0.180. The number of nitrogens with one attached hydrogen (secondary N) is 2. The first-order chi connectivity index (χ1) is 17.1. The van der Waals surface area contributed by atoms with Crippen molar-refractivity contribution in [3.8, 4) is 11.5 Å². The Bertz CT molecular complexity index is 1400. The highest BCUT2D eigenvalue weighted by Crippen LogP contribution is 2.34. The van der Waals surface area contributed by atoms with E-state index in [-0.39, 0.29) is 17.9 Å². The third-order valence-corrected chi connectivity index (χ3v) is 5.89. The molecule has 1 amide bonds. The van der Waals surface area contributed by atoms with E-state index in [2.05, 4.69) is 26.8 Å². The molecule has 0 saturated heterocycles. The predicted molar refractivity (Wildman–Crippen MR) is 135 cm³/mol. The molecule has 0 radical (unpaired) electrons. The first-order valence-electron chi connectivity index (χ1n) is 10.9. The third-order valence-electron chi connectivity index (χ3n) is 5.63. The van der Waals surface area contributed by atoms with E-state index in [4.69, 9.17) is 21.1 Å². The van der Waals surface area contributed by atoms with E-state index in [1.807, 2.05) is 54.6 Å². The van der Waals surface area contributed by atoms with E-state index in [1.54, 1.807) is 30.0 Å². The summed E-state index contributed by atoms with van der Waals surface area (Å²) in [6, 6.07) is 22.2. The second-order valence-corrected chi connectivity index (χ2v) is 8.23. The van der Waals surface area contributed by atoms with Crippen LogP contribution in [0.15, 0.2) is 78.9 Å². The van der Waals surface area contributed by atoms with Crippen molar-refractivity contribution < 1.29 is 14.3 Å². The number of carbonyl (C=O) groups excluding carboxylic acids is 1. The molecule has 8 nitrogen and oxygen atoms in total. The number of fused-ring (bicyclic) bond motifs is 1. The molecular weight excluding hydrogens is 466 g/mol. The molecule has 1 aliphatic rings. The molecular formula is C26H22ClN5O3. The normalized spacial score (nSPS) is 14.4. The lowest BCUT2D eigenvalue weighted by atomic mass is 10.0. The average molecular weight is 488 g/mol. The Morgan fingerprint density at radius 1 is 1.00 bits per heavy atom. The number of aromatic nitrogens is 3. The van der Waals surface area contributed by atoms with Gasteiger partial charge in [0.15, 0.2) is 11.5 Å². The Kier molecular flexibility index (Phi) is 6.12. The number of rotatable bonds is 6. The van der Waals surface area contributed by atoms with Crippen LogP contribution >= 0.6 is 11.6 Å². The highest BCUT2D eigenvalue weighted by molar-refractivity contribution is 6.30. The second kappa shape index (κ2) is 9.52. The van der Waals surface area contributed by atoms with Crippen LogP contribution in [0.2, 0.25) is 5.02 Å². The first-order valence-corrected chi connectivity index (χ1v) is 11.2. The number of allylic oxidation sites excluding steroid dienone is 1. The van der Waals surface area contributed by atoms with Crippen LogP contribution in [0, 0.1) is 0 Å². The minimum atomic E-state index is -0.365. The average Bonchev–Trinajstić information content (AvgIpc) is 3.30. The summed E-state index contributed by atoms with van der Waals surface area (Å²) in [5.74, 6) is 1.32. The number of carbonyl (C=O) groups is 1. The van der Waals surface area contributed by atoms with Gasteiger partial charge in [-0.2, -0.15) is 4.98 Å². The van der Waals surface area contributed by atoms with Crippen LogP contribution in [-0.4, -0.2) is 34.9 Å². The van der Waals surface area contributed by atoms with Gasteiger partial charge >= 0.3 is 0 Å². The fourth-order valence-electron chi connectivity index (χ4n) is 3.88. The van der Waals surface area contributed by atoms with E-state index < -0.39 is 0 Å². The van der Waals surface area contributed by atoms with Gasteiger partial charge in [0.25, 0.3) is 11.9 Å². The monoisotopic (exact) mass is 487 g/mol. The summed E-state index contributed by atoms with van der Waals surface area (Å²) in [6.07, 6.45) is 2.07. The zero-order valence-corrected chi connectivity index (χ0v) is 19.8. The number of hydrogen-bond donors (Lipinski definition) is 2. The number of nitrogens with zero attached hydrogens (tertiary/aromatic N) is 3. The van der Waals surface area contributed by atoms with Gasteiger partial charge in [-0.1, -0.05) is 54.1 Å². The van der Waals surface area contributed by atoms with Gasteiger partial charge in [-0.05, 0) is 47.5 Å². The number of ether oxygens (including phenoxy) is 2. The molecule has 4 aromatic rings. The smallest absolute Gasteiger partial charge is 0.258 e. The Morgan fingerprint density at radius 2 is 1.74 bits per heavy atom. The van der Waals surface area contributed by atoms with Gasteiger partial charge < -0.3 is 14.8 Å². The topological polar surface area (TPSA) is 90.3 Å². The van der Waals surface area contributed by atoms with Crippen molar-refractivity contribution in [1.82, 2.24) is 14.8 Å². The maximum atomic E-state index is 12.9. The van der Waals surface area contributed by atoms with Crippen LogP contribution < -0.4 is 20.1 Å². The summed E-state index contributed by atoms with van der Waals surface area (Å²) in [7, 11) is 3.06. The van der Waals surface area contributed by atoms with Crippen molar-refractivity contribution in [3.63, 3.8) is 0 Å². The van der Waals surface area contributed by atoms with Crippen LogP contribution in [0.25, 0.3) is 5.70 Å². The van der Waals surface area contributed by atoms with Crippen LogP contribution in [0.3, 0.4) is 0 Å². The lowest BCUT2D eigenvalue weighted by molar-refractivity contribution is 0.102. The summed E-state index contributed by atoms with van der Waals surface area (Å²) < 4.78 is 12.3. The molecule has 176 valence electrons. The van der Waals surface area contributed by atoms with Crippen molar-refractivity contribution >= 4 is 35.1 Å². The number of amides is 1. The van der Waals surface area contributed by atoms with Crippen molar-refractivity contribution in [3.05, 3.63) is 101 Å². The quantitative estimate of drug-likeness (QED) is 0.385. The summed E-state index contributed by atoms with van der Waals surface area (Å²) in [5, 5.41) is 11.3. The molecule has 5 rings (SSSR count). The molecule has 0 saturated carbocycles. The maximum absolute atomic E-state index is 12.9. The first kappa shape index (κ1) is 22.5. The molecule has 3 aromatic carbocycles. The zero-order valence-electron chi connectivity index (χ0n) is 19.0. The number of benzene rings is 3. The summed E-state index contributed by atoms with van der Waals surface area (Å²) in [4.78, 5) is 17.5. The molecule has 0 spiro atoms. The lowest BCUT2D eigenvalue weighted by Gasteiger charge is -2.24. The maximum Gasteiger partial charge on any atom is 0.258 e. The van der Waals surface area contributed by atoms with Gasteiger partial charge in [0.1, 0.15) is 6.04 Å². The summed E-state index contributed by atoms with van der Waals surface area (Å²) >= 11 is 6.07. The van der Waals surface area contributed by atoms with Crippen molar-refractivity contribution in [1.29, 1.82) is 0 Å². The molecule has 1 atom stereocenters. The molecule has 1 aromatic heterocycles. The van der Waals surface area contributed by atoms with E-state index in [0.717, 1.165) is 16.8 Å². The van der Waals surface area contributed by atoms with E-state index in [9.17, 15) is 4.79 Å². The minimum Gasteiger partial charge on any atom is -0.493 e. The van der Waals surface area contributed by atoms with Gasteiger partial charge in [-0.25, -0.2) is 4.68 Å². The molecule has 0 aliphatic carbocycles. The van der Waals surface area contributed by atoms with Crippen LogP contribution in [-0.2, 0) is 0 Å². The molecule has 0 fully saturated rings. The predicted octanol–water partition coefficient (Wildman–Crippen LogP) is 5.26. The van der Waals surface area contributed by atoms with Gasteiger partial charge in [0, 0.05) is 16.3 Å². The molecule has 0 bridgehead atoms. The van der Waals surface area contributed by atoms with Crippen LogP contribution in [0.5, 0.6) is 11.5 Å². The fourth-order valence-corrected chi connectivity index (χ4v) is 4.01. The van der Waals surface area contributed by atoms with Gasteiger partial charge in [-0.15, -0.1) is 5.10 Å². The van der Waals surface area contributed by atoms with Crippen LogP contribution in [0.4, 0.5) is 11.9 Å². The van der Waals surface area contributed by atoms with Crippen LogP contribution in [0.1, 0.15) is 27.5 Å². The number of halogens is 1.